The molecule has 126 valence electrons. The van der Waals surface area contributed by atoms with Gasteiger partial charge in [-0.15, -0.1) is 0 Å². The summed E-state index contributed by atoms with van der Waals surface area (Å²) in [6.07, 6.45) is 1.07. The molecule has 0 unspecified atom stereocenters. The molecule has 0 aliphatic rings. The molecule has 0 spiro atoms. The van der Waals surface area contributed by atoms with Gasteiger partial charge < -0.3 is 14.3 Å². The van der Waals surface area contributed by atoms with E-state index in [-0.39, 0.29) is 31.0 Å². The van der Waals surface area contributed by atoms with Gasteiger partial charge >= 0.3 is 11.9 Å². The zero-order valence-electron chi connectivity index (χ0n) is 13.8. The summed E-state index contributed by atoms with van der Waals surface area (Å²) < 4.78 is 10.5. The molecule has 0 saturated heterocycles. The van der Waals surface area contributed by atoms with Gasteiger partial charge in [-0.1, -0.05) is 27.7 Å². The van der Waals surface area contributed by atoms with E-state index in [9.17, 15) is 14.4 Å². The third-order valence-electron chi connectivity index (χ3n) is 3.74. The lowest BCUT2D eigenvalue weighted by atomic mass is 10.2. The molecule has 0 aromatic rings. The van der Waals surface area contributed by atoms with Crippen LogP contribution in [0.2, 0.25) is 18.1 Å². The quantitative estimate of drug-likeness (QED) is 0.376. The molecule has 22 heavy (non-hydrogen) atoms. The van der Waals surface area contributed by atoms with Crippen molar-refractivity contribution in [2.75, 3.05) is 6.61 Å². The topological polar surface area (TPSA) is 89.9 Å². The van der Waals surface area contributed by atoms with Gasteiger partial charge in [-0.25, -0.2) is 9.59 Å². The van der Waals surface area contributed by atoms with E-state index in [2.05, 4.69) is 0 Å². The van der Waals surface area contributed by atoms with Crippen molar-refractivity contribution >= 4 is 26.2 Å². The van der Waals surface area contributed by atoms with E-state index in [0.29, 0.717) is 0 Å². The Kier molecular flexibility index (Phi) is 9.40. The Hall–Kier alpha value is -1.63. The maximum Gasteiger partial charge on any atom is 0.334 e. The van der Waals surface area contributed by atoms with Crippen LogP contribution in [-0.4, -0.2) is 37.9 Å². The monoisotopic (exact) mass is 330 g/mol. The number of carboxylic acid groups (broad SMARTS) is 1. The van der Waals surface area contributed by atoms with Gasteiger partial charge in [-0.2, -0.15) is 0 Å². The molecule has 0 radical (unpaired) electrons. The van der Waals surface area contributed by atoms with Crippen LogP contribution < -0.4 is 0 Å². The molecule has 0 aliphatic heterocycles. The lowest BCUT2D eigenvalue weighted by molar-refractivity contribution is -0.143. The molecule has 0 atom stereocenters. The van der Waals surface area contributed by atoms with Gasteiger partial charge in [0.2, 0.25) is 0 Å². The highest BCUT2D eigenvalue weighted by Gasteiger charge is 2.32. The summed E-state index contributed by atoms with van der Waals surface area (Å²) >= 11 is 0. The van der Waals surface area contributed by atoms with Crippen molar-refractivity contribution in [1.82, 2.24) is 0 Å². The molecule has 0 heterocycles. The van der Waals surface area contributed by atoms with Gasteiger partial charge in [-0.05, 0) is 24.6 Å². The molecule has 0 aromatic heterocycles. The lowest BCUT2D eigenvalue weighted by Crippen LogP contribution is -2.38. The Morgan fingerprint density at radius 1 is 1.05 bits per heavy atom. The smallest absolute Gasteiger partial charge is 0.334 e. The molecular formula is C15H26O6Si. The van der Waals surface area contributed by atoms with Crippen molar-refractivity contribution in [2.24, 2.45) is 0 Å². The lowest BCUT2D eigenvalue weighted by Gasteiger charge is -2.27. The van der Waals surface area contributed by atoms with Crippen molar-refractivity contribution < 1.29 is 28.7 Å². The molecule has 1 N–H and O–H groups in total. The first-order valence-corrected chi connectivity index (χ1v) is 10.2. The summed E-state index contributed by atoms with van der Waals surface area (Å²) in [6.45, 7) is 7.63. The standard InChI is InChI=1S/C15H26O6Si/c1-5-12(11-13(16)17)15(19)20-10-9-14(18)21-22(6-2,7-3)8-4/h11H,5-10H2,1-4H3,(H,16,17)/b12-11+. The minimum atomic E-state index is -1.99. The maximum atomic E-state index is 11.8. The third-order valence-corrected chi connectivity index (χ3v) is 8.27. The van der Waals surface area contributed by atoms with E-state index >= 15 is 0 Å². The fourth-order valence-corrected chi connectivity index (χ4v) is 4.55. The summed E-state index contributed by atoms with van der Waals surface area (Å²) in [7, 11) is -1.99. The van der Waals surface area contributed by atoms with Crippen LogP contribution >= 0.6 is 0 Å². The third kappa shape index (κ3) is 6.88. The summed E-state index contributed by atoms with van der Waals surface area (Å²) in [6, 6.07) is 2.60. The Bertz CT molecular complexity index is 417. The highest BCUT2D eigenvalue weighted by molar-refractivity contribution is 6.74. The van der Waals surface area contributed by atoms with Crippen LogP contribution in [0.5, 0.6) is 0 Å². The number of carboxylic acids is 1. The van der Waals surface area contributed by atoms with E-state index in [0.717, 1.165) is 24.2 Å². The highest BCUT2D eigenvalue weighted by atomic mass is 28.4. The largest absolute Gasteiger partial charge is 0.519 e. The van der Waals surface area contributed by atoms with Gasteiger partial charge in [0.05, 0.1) is 6.42 Å². The minimum Gasteiger partial charge on any atom is -0.519 e. The van der Waals surface area contributed by atoms with Crippen LogP contribution in [0.15, 0.2) is 11.6 Å². The first-order valence-electron chi connectivity index (χ1n) is 7.66. The summed E-state index contributed by atoms with van der Waals surface area (Å²) in [5.41, 5.74) is 0.0697. The van der Waals surface area contributed by atoms with Gasteiger partial charge in [0.25, 0.3) is 14.3 Å². The van der Waals surface area contributed by atoms with E-state index in [4.69, 9.17) is 14.3 Å². The van der Waals surface area contributed by atoms with E-state index in [1.54, 1.807) is 6.92 Å². The number of rotatable bonds is 10. The number of ether oxygens (including phenoxy) is 1. The molecule has 6 nitrogen and oxygen atoms in total. The molecule has 0 saturated carbocycles. The highest BCUT2D eigenvalue weighted by Crippen LogP contribution is 2.22. The maximum absolute atomic E-state index is 11.8. The number of carbonyl (C=O) groups excluding carboxylic acids is 2. The fourth-order valence-electron chi connectivity index (χ4n) is 2.03. The normalized spacial score (nSPS) is 11.9. The average molecular weight is 330 g/mol. The SMILES string of the molecule is CC/C(=C\C(=O)O)C(=O)OCCC(=O)O[Si](CC)(CC)CC. The number of hydrogen-bond acceptors (Lipinski definition) is 5. The van der Waals surface area contributed by atoms with Crippen molar-refractivity contribution in [2.45, 2.75) is 58.7 Å². The summed E-state index contributed by atoms with van der Waals surface area (Å²) in [5, 5.41) is 8.63. The molecular weight excluding hydrogens is 304 g/mol. The van der Waals surface area contributed by atoms with E-state index in [1.807, 2.05) is 20.8 Å². The summed E-state index contributed by atoms with van der Waals surface area (Å²) in [4.78, 5) is 34.1. The fraction of sp³-hybridized carbons (Fsp3) is 0.667. The van der Waals surface area contributed by atoms with Crippen LogP contribution in [0.3, 0.4) is 0 Å². The zero-order chi connectivity index (χ0) is 17.2. The van der Waals surface area contributed by atoms with Crippen molar-refractivity contribution in [3.63, 3.8) is 0 Å². The second kappa shape index (κ2) is 10.2. The predicted molar refractivity (Wildman–Crippen MR) is 84.9 cm³/mol. The van der Waals surface area contributed by atoms with Crippen LogP contribution in [0.4, 0.5) is 0 Å². The van der Waals surface area contributed by atoms with Gasteiger partial charge in [-0.3, -0.25) is 4.79 Å². The first kappa shape index (κ1) is 20.4. The minimum absolute atomic E-state index is 0.00937. The Morgan fingerprint density at radius 2 is 1.59 bits per heavy atom. The van der Waals surface area contributed by atoms with Gasteiger partial charge in [0.1, 0.15) is 6.61 Å². The van der Waals surface area contributed by atoms with Crippen LogP contribution in [0.25, 0.3) is 0 Å². The van der Waals surface area contributed by atoms with Crippen molar-refractivity contribution in [3.05, 3.63) is 11.6 Å². The molecule has 0 amide bonds. The Balaban J connectivity index is 4.38. The molecule has 0 fully saturated rings. The number of carbonyl (C=O) groups is 3. The molecule has 7 heteroatoms. The van der Waals surface area contributed by atoms with E-state index < -0.39 is 20.3 Å². The number of hydrogen-bond donors (Lipinski definition) is 1. The zero-order valence-corrected chi connectivity index (χ0v) is 14.8. The van der Waals surface area contributed by atoms with Gasteiger partial charge in [0, 0.05) is 11.6 Å². The molecule has 0 aromatic carbocycles. The van der Waals surface area contributed by atoms with Crippen LogP contribution in [0, 0.1) is 0 Å². The van der Waals surface area contributed by atoms with Gasteiger partial charge in [0.15, 0.2) is 0 Å². The Labute approximate surface area is 132 Å². The molecule has 0 bridgehead atoms. The molecule has 0 aliphatic carbocycles. The second-order valence-electron chi connectivity index (χ2n) is 4.97. The molecule has 0 rings (SSSR count). The van der Waals surface area contributed by atoms with E-state index in [1.165, 1.54) is 0 Å². The number of esters is 1. The first-order chi connectivity index (χ1) is 10.3. The van der Waals surface area contributed by atoms with Crippen molar-refractivity contribution in [1.29, 1.82) is 0 Å². The average Bonchev–Trinajstić information content (AvgIpc) is 2.50. The Morgan fingerprint density at radius 3 is 2.00 bits per heavy atom. The summed E-state index contributed by atoms with van der Waals surface area (Å²) in [5.74, 6) is -2.26. The van der Waals surface area contributed by atoms with Crippen LogP contribution in [0.1, 0.15) is 40.5 Å². The van der Waals surface area contributed by atoms with Crippen LogP contribution in [-0.2, 0) is 23.5 Å². The predicted octanol–water partition coefficient (Wildman–Crippen LogP) is 2.89. The van der Waals surface area contributed by atoms with Crippen molar-refractivity contribution in [3.8, 4) is 0 Å². The second-order valence-corrected chi connectivity index (χ2v) is 9.66. The number of aliphatic carboxylic acids is 1.